The van der Waals surface area contributed by atoms with Crippen molar-refractivity contribution < 1.29 is 9.18 Å². The molecule has 0 radical (unpaired) electrons. The fourth-order valence-electron chi connectivity index (χ4n) is 3.15. The van der Waals surface area contributed by atoms with E-state index in [4.69, 9.17) is 0 Å². The molecule has 4 rings (SSSR count). The summed E-state index contributed by atoms with van der Waals surface area (Å²) in [6.45, 7) is 5.61. The van der Waals surface area contributed by atoms with Crippen molar-refractivity contribution in [3.63, 3.8) is 0 Å². The van der Waals surface area contributed by atoms with E-state index in [0.29, 0.717) is 27.8 Å². The molecule has 2 heterocycles. The van der Waals surface area contributed by atoms with Gasteiger partial charge in [0.25, 0.3) is 5.91 Å². The number of halogens is 1. The van der Waals surface area contributed by atoms with Crippen molar-refractivity contribution in [2.45, 2.75) is 30.8 Å². The highest BCUT2D eigenvalue weighted by Crippen LogP contribution is 2.26. The summed E-state index contributed by atoms with van der Waals surface area (Å²) in [6, 6.07) is 15.7. The van der Waals surface area contributed by atoms with Gasteiger partial charge < -0.3 is 5.32 Å². The van der Waals surface area contributed by atoms with Crippen molar-refractivity contribution in [2.75, 3.05) is 5.32 Å². The predicted molar refractivity (Wildman–Crippen MR) is 118 cm³/mol. The average molecular weight is 434 g/mol. The van der Waals surface area contributed by atoms with Crippen molar-refractivity contribution in [2.24, 2.45) is 0 Å². The molecule has 156 valence electrons. The fraction of sp³-hybridized carbons (Fsp3) is 0.130. The number of hydrogen-bond acceptors (Lipinski definition) is 5. The molecule has 0 saturated carbocycles. The van der Waals surface area contributed by atoms with Crippen LogP contribution < -0.4 is 5.32 Å². The third kappa shape index (κ3) is 4.64. The summed E-state index contributed by atoms with van der Waals surface area (Å²) in [5.41, 5.74) is 3.73. The molecule has 0 aliphatic rings. The summed E-state index contributed by atoms with van der Waals surface area (Å²) in [7, 11) is 0. The first kappa shape index (κ1) is 20.7. The molecule has 0 unspecified atom stereocenters. The Morgan fingerprint density at radius 3 is 2.35 bits per heavy atom. The van der Waals surface area contributed by atoms with E-state index in [1.54, 1.807) is 25.1 Å². The van der Waals surface area contributed by atoms with Crippen LogP contribution in [0.2, 0.25) is 0 Å². The second-order valence-electron chi connectivity index (χ2n) is 7.02. The molecule has 0 aliphatic carbocycles. The number of hydrogen-bond donors (Lipinski definition) is 1. The molecule has 0 spiro atoms. The zero-order valence-corrected chi connectivity index (χ0v) is 18.1. The first-order chi connectivity index (χ1) is 14.9. The highest BCUT2D eigenvalue weighted by atomic mass is 32.2. The molecule has 0 aliphatic heterocycles. The SMILES string of the molecule is Cc1cc(C)nc(Sc2ccc(NC(=O)c3cnn(-c4ccccc4F)c3C)cc2)n1. The van der Waals surface area contributed by atoms with E-state index in [0.717, 1.165) is 16.3 Å². The third-order valence-corrected chi connectivity index (χ3v) is 5.49. The lowest BCUT2D eigenvalue weighted by Crippen LogP contribution is -2.13. The second kappa shape index (κ2) is 8.69. The highest BCUT2D eigenvalue weighted by Gasteiger charge is 2.17. The van der Waals surface area contributed by atoms with Gasteiger partial charge in [0.1, 0.15) is 11.5 Å². The smallest absolute Gasteiger partial charge is 0.259 e. The van der Waals surface area contributed by atoms with Gasteiger partial charge in [-0.1, -0.05) is 12.1 Å². The van der Waals surface area contributed by atoms with Gasteiger partial charge in [0.15, 0.2) is 5.16 Å². The molecule has 0 bridgehead atoms. The molecule has 1 amide bonds. The Balaban J connectivity index is 1.47. The van der Waals surface area contributed by atoms with Crippen molar-refractivity contribution in [3.05, 3.63) is 89.3 Å². The van der Waals surface area contributed by atoms with Gasteiger partial charge in [-0.2, -0.15) is 5.10 Å². The van der Waals surface area contributed by atoms with Crippen LogP contribution in [0.5, 0.6) is 0 Å². The minimum atomic E-state index is -0.401. The van der Waals surface area contributed by atoms with Crippen LogP contribution in [0, 0.1) is 26.6 Å². The maximum absolute atomic E-state index is 14.1. The summed E-state index contributed by atoms with van der Waals surface area (Å²) in [4.78, 5) is 22.6. The Morgan fingerprint density at radius 1 is 1.00 bits per heavy atom. The quantitative estimate of drug-likeness (QED) is 0.442. The molecule has 8 heteroatoms. The molecule has 0 saturated heterocycles. The van der Waals surface area contributed by atoms with Gasteiger partial charge in [-0.15, -0.1) is 0 Å². The van der Waals surface area contributed by atoms with E-state index in [9.17, 15) is 9.18 Å². The van der Waals surface area contributed by atoms with Gasteiger partial charge >= 0.3 is 0 Å². The number of para-hydroxylation sites is 1. The molecule has 6 nitrogen and oxygen atoms in total. The first-order valence-electron chi connectivity index (χ1n) is 9.62. The van der Waals surface area contributed by atoms with Crippen molar-refractivity contribution >= 4 is 23.4 Å². The van der Waals surface area contributed by atoms with Crippen molar-refractivity contribution in [1.82, 2.24) is 19.7 Å². The van der Waals surface area contributed by atoms with Crippen LogP contribution in [0.1, 0.15) is 27.4 Å². The molecule has 0 atom stereocenters. The highest BCUT2D eigenvalue weighted by molar-refractivity contribution is 7.99. The average Bonchev–Trinajstić information content (AvgIpc) is 3.10. The number of carbonyl (C=O) groups excluding carboxylic acids is 1. The van der Waals surface area contributed by atoms with Crippen LogP contribution in [0.4, 0.5) is 10.1 Å². The second-order valence-corrected chi connectivity index (χ2v) is 8.06. The summed E-state index contributed by atoms with van der Waals surface area (Å²) in [5, 5.41) is 7.73. The maximum atomic E-state index is 14.1. The fourth-order valence-corrected chi connectivity index (χ4v) is 4.01. The number of nitrogens with zero attached hydrogens (tertiary/aromatic N) is 4. The molecular formula is C23H20FN5OS. The Hall–Kier alpha value is -3.52. The van der Waals surface area contributed by atoms with Gasteiger partial charge in [-0.3, -0.25) is 4.79 Å². The summed E-state index contributed by atoms with van der Waals surface area (Å²) in [5.74, 6) is -0.709. The van der Waals surface area contributed by atoms with Crippen LogP contribution in [0.25, 0.3) is 5.69 Å². The number of aryl methyl sites for hydroxylation is 2. The van der Waals surface area contributed by atoms with E-state index in [-0.39, 0.29) is 5.91 Å². The zero-order chi connectivity index (χ0) is 22.0. The van der Waals surface area contributed by atoms with E-state index in [1.165, 1.54) is 28.7 Å². The molecule has 2 aromatic carbocycles. The topological polar surface area (TPSA) is 72.7 Å². The number of nitrogens with one attached hydrogen (secondary N) is 1. The largest absolute Gasteiger partial charge is 0.322 e. The minimum absolute atomic E-state index is 0.300. The third-order valence-electron chi connectivity index (χ3n) is 4.62. The monoisotopic (exact) mass is 433 g/mol. The standard InChI is InChI=1S/C23H20FN5OS/c1-14-12-15(2)27-23(26-14)31-18-10-8-17(9-11-18)28-22(30)19-13-25-29(16(19)3)21-7-5-4-6-20(21)24/h4-13H,1-3H3,(H,28,30). The number of carbonyl (C=O) groups is 1. The van der Waals surface area contributed by atoms with Crippen molar-refractivity contribution in [3.8, 4) is 5.69 Å². The molecule has 1 N–H and O–H groups in total. The van der Waals surface area contributed by atoms with E-state index >= 15 is 0 Å². The Morgan fingerprint density at radius 2 is 1.68 bits per heavy atom. The summed E-state index contributed by atoms with van der Waals surface area (Å²) < 4.78 is 15.5. The van der Waals surface area contributed by atoms with E-state index < -0.39 is 5.82 Å². The lowest BCUT2D eigenvalue weighted by Gasteiger charge is -2.08. The Labute approximate surface area is 183 Å². The predicted octanol–water partition coefficient (Wildman–Crippen LogP) is 5.13. The minimum Gasteiger partial charge on any atom is -0.322 e. The van der Waals surface area contributed by atoms with Gasteiger partial charge in [-0.05, 0) is 75.0 Å². The van der Waals surface area contributed by atoms with Gasteiger partial charge in [0.2, 0.25) is 0 Å². The van der Waals surface area contributed by atoms with Crippen molar-refractivity contribution in [1.29, 1.82) is 0 Å². The number of aromatic nitrogens is 4. The van der Waals surface area contributed by atoms with E-state index in [1.807, 2.05) is 44.2 Å². The maximum Gasteiger partial charge on any atom is 0.259 e. The molecule has 2 aromatic heterocycles. The van der Waals surface area contributed by atoms with Gasteiger partial charge in [0.05, 0.1) is 17.5 Å². The summed E-state index contributed by atoms with van der Waals surface area (Å²) in [6.07, 6.45) is 1.44. The molecule has 31 heavy (non-hydrogen) atoms. The van der Waals surface area contributed by atoms with Crippen LogP contribution in [-0.2, 0) is 0 Å². The Kier molecular flexibility index (Phi) is 5.81. The van der Waals surface area contributed by atoms with Crippen LogP contribution in [0.3, 0.4) is 0 Å². The molecule has 0 fully saturated rings. The van der Waals surface area contributed by atoms with Crippen LogP contribution >= 0.6 is 11.8 Å². The molecular weight excluding hydrogens is 413 g/mol. The lowest BCUT2D eigenvalue weighted by atomic mass is 10.2. The van der Waals surface area contributed by atoms with Crippen LogP contribution in [0.15, 0.2) is 70.8 Å². The Bertz CT molecular complexity index is 1230. The van der Waals surface area contributed by atoms with Gasteiger partial charge in [0, 0.05) is 22.0 Å². The molecule has 4 aromatic rings. The van der Waals surface area contributed by atoms with Crippen LogP contribution in [-0.4, -0.2) is 25.7 Å². The first-order valence-corrected chi connectivity index (χ1v) is 10.4. The number of amides is 1. The zero-order valence-electron chi connectivity index (χ0n) is 17.3. The number of rotatable bonds is 5. The van der Waals surface area contributed by atoms with Gasteiger partial charge in [-0.25, -0.2) is 19.0 Å². The number of anilines is 1. The van der Waals surface area contributed by atoms with E-state index in [2.05, 4.69) is 20.4 Å². The summed E-state index contributed by atoms with van der Waals surface area (Å²) >= 11 is 1.46. The number of benzene rings is 2. The lowest BCUT2D eigenvalue weighted by molar-refractivity contribution is 0.102. The normalized spacial score (nSPS) is 10.8.